The lowest BCUT2D eigenvalue weighted by atomic mass is 9.77. The van der Waals surface area contributed by atoms with Crippen molar-refractivity contribution in [2.75, 3.05) is 6.61 Å². The summed E-state index contributed by atoms with van der Waals surface area (Å²) in [6.07, 6.45) is 22.9. The molecule has 1 heterocycles. The van der Waals surface area contributed by atoms with Crippen LogP contribution in [0.5, 0.6) is 0 Å². The van der Waals surface area contributed by atoms with Gasteiger partial charge in [-0.25, -0.2) is 10.3 Å². The molecule has 5 unspecified atom stereocenters. The number of aliphatic hydroxyl groups is 1. The average molecular weight is 420 g/mol. The van der Waals surface area contributed by atoms with E-state index in [4.69, 9.17) is 9.73 Å². The van der Waals surface area contributed by atoms with Crippen LogP contribution in [0.3, 0.4) is 0 Å². The fourth-order valence-corrected chi connectivity index (χ4v) is 5.08. The molecule has 5 nitrogen and oxygen atoms in total. The van der Waals surface area contributed by atoms with Gasteiger partial charge in [0, 0.05) is 11.8 Å². The molecule has 0 aromatic rings. The second-order valence-corrected chi connectivity index (χ2v) is 9.03. The summed E-state index contributed by atoms with van der Waals surface area (Å²) in [6.45, 7) is 2.79. The van der Waals surface area contributed by atoms with Crippen LogP contribution in [0.1, 0.15) is 45.4 Å². The van der Waals surface area contributed by atoms with E-state index in [1.54, 1.807) is 0 Å². The quantitative estimate of drug-likeness (QED) is 0.589. The molecule has 5 aliphatic rings. The molecule has 5 heteroatoms. The number of fused-ring (bicyclic) bond motifs is 2. The van der Waals surface area contributed by atoms with Crippen LogP contribution < -0.4 is 10.6 Å². The molecule has 4 aliphatic carbocycles. The smallest absolute Gasteiger partial charge is 0.186 e. The van der Waals surface area contributed by atoms with Gasteiger partial charge in [-0.05, 0) is 60.8 Å². The third-order valence-corrected chi connectivity index (χ3v) is 6.78. The molecule has 0 radical (unpaired) electrons. The Labute approximate surface area is 185 Å². The van der Waals surface area contributed by atoms with Crippen LogP contribution in [0.2, 0.25) is 0 Å². The SMILES string of the molecule is CCCOC1NC(C2CCC=CC2O)=NC(C2=CC=C3C=C4CCC=CC4=CC3C2)N1. The van der Waals surface area contributed by atoms with Crippen molar-refractivity contribution in [1.82, 2.24) is 10.6 Å². The maximum Gasteiger partial charge on any atom is 0.186 e. The summed E-state index contributed by atoms with van der Waals surface area (Å²) in [6, 6.07) is 0. The van der Waals surface area contributed by atoms with Gasteiger partial charge in [-0.15, -0.1) is 0 Å². The molecule has 0 saturated carbocycles. The Morgan fingerprint density at radius 3 is 3.03 bits per heavy atom. The third kappa shape index (κ3) is 4.40. The van der Waals surface area contributed by atoms with Crippen molar-refractivity contribution in [2.45, 2.75) is 64.1 Å². The Balaban J connectivity index is 1.40. The van der Waals surface area contributed by atoms with Crippen molar-refractivity contribution < 1.29 is 9.84 Å². The van der Waals surface area contributed by atoms with Crippen molar-refractivity contribution in [3.8, 4) is 0 Å². The molecule has 0 spiro atoms. The molecule has 31 heavy (non-hydrogen) atoms. The van der Waals surface area contributed by atoms with E-state index in [1.807, 2.05) is 6.08 Å². The molecular weight excluding hydrogens is 386 g/mol. The third-order valence-electron chi connectivity index (χ3n) is 6.78. The first-order valence-corrected chi connectivity index (χ1v) is 11.8. The summed E-state index contributed by atoms with van der Waals surface area (Å²) in [7, 11) is 0. The molecule has 5 rings (SSSR count). The van der Waals surface area contributed by atoms with E-state index < -0.39 is 6.10 Å². The average Bonchev–Trinajstić information content (AvgIpc) is 2.81. The molecule has 0 bridgehead atoms. The van der Waals surface area contributed by atoms with Gasteiger partial charge in [0.2, 0.25) is 0 Å². The molecule has 0 saturated heterocycles. The van der Waals surface area contributed by atoms with Gasteiger partial charge in [0.25, 0.3) is 0 Å². The zero-order chi connectivity index (χ0) is 21.2. The van der Waals surface area contributed by atoms with Crippen LogP contribution in [-0.4, -0.2) is 36.2 Å². The molecule has 0 aromatic heterocycles. The van der Waals surface area contributed by atoms with Crippen LogP contribution in [0.25, 0.3) is 0 Å². The molecule has 164 valence electrons. The van der Waals surface area contributed by atoms with E-state index >= 15 is 0 Å². The minimum Gasteiger partial charge on any atom is -0.388 e. The van der Waals surface area contributed by atoms with Crippen LogP contribution in [0, 0.1) is 11.8 Å². The highest BCUT2D eigenvalue weighted by Crippen LogP contribution is 2.39. The number of hydrogen-bond acceptors (Lipinski definition) is 5. The van der Waals surface area contributed by atoms with Crippen molar-refractivity contribution >= 4 is 5.84 Å². The topological polar surface area (TPSA) is 65.9 Å². The van der Waals surface area contributed by atoms with Crippen molar-refractivity contribution in [3.63, 3.8) is 0 Å². The predicted octanol–water partition coefficient (Wildman–Crippen LogP) is 4.03. The van der Waals surface area contributed by atoms with E-state index in [1.165, 1.54) is 22.3 Å². The van der Waals surface area contributed by atoms with E-state index in [0.717, 1.165) is 44.4 Å². The predicted molar refractivity (Wildman–Crippen MR) is 124 cm³/mol. The summed E-state index contributed by atoms with van der Waals surface area (Å²) < 4.78 is 6.01. The molecule has 1 aliphatic heterocycles. The van der Waals surface area contributed by atoms with Gasteiger partial charge in [-0.2, -0.15) is 0 Å². The summed E-state index contributed by atoms with van der Waals surface area (Å²) in [5.74, 6) is 1.25. The second-order valence-electron chi connectivity index (χ2n) is 9.03. The lowest BCUT2D eigenvalue weighted by Crippen LogP contribution is -2.58. The Bertz CT molecular complexity index is 921. The van der Waals surface area contributed by atoms with Crippen molar-refractivity contribution in [1.29, 1.82) is 0 Å². The van der Waals surface area contributed by atoms with Gasteiger partial charge in [-0.1, -0.05) is 55.5 Å². The summed E-state index contributed by atoms with van der Waals surface area (Å²) in [5.41, 5.74) is 5.53. The number of aliphatic imine (C=N–C) groups is 1. The van der Waals surface area contributed by atoms with Crippen LogP contribution in [-0.2, 0) is 4.74 Å². The zero-order valence-corrected chi connectivity index (χ0v) is 18.3. The Hall–Kier alpha value is -2.21. The normalized spacial score (nSPS) is 34.4. The number of allylic oxidation sites excluding steroid dienone is 10. The molecule has 3 N–H and O–H groups in total. The highest BCUT2D eigenvalue weighted by molar-refractivity contribution is 5.86. The van der Waals surface area contributed by atoms with Crippen LogP contribution in [0.4, 0.5) is 0 Å². The number of nitrogens with one attached hydrogen (secondary N) is 2. The minimum absolute atomic E-state index is 0.00714. The molecule has 0 aromatic carbocycles. The Morgan fingerprint density at radius 2 is 2.16 bits per heavy atom. The minimum atomic E-state index is -0.498. The Morgan fingerprint density at radius 1 is 1.23 bits per heavy atom. The van der Waals surface area contributed by atoms with Gasteiger partial charge >= 0.3 is 0 Å². The first-order valence-electron chi connectivity index (χ1n) is 11.8. The number of rotatable bonds is 5. The van der Waals surface area contributed by atoms with E-state index in [2.05, 4.69) is 60.1 Å². The maximum atomic E-state index is 10.5. The number of nitrogens with zero attached hydrogens (tertiary/aromatic N) is 1. The van der Waals surface area contributed by atoms with Gasteiger partial charge in [0.15, 0.2) is 6.35 Å². The second kappa shape index (κ2) is 9.11. The standard InChI is InChI=1S/C26H33N3O2/c1-2-13-31-26-28-24(27-25(29-26)22-9-5-6-10-23(22)30)20-12-11-19-14-17-7-3-4-8-18(17)15-21(19)16-20/h4,6,8,10-12,14-15,21-24,26,28,30H,2-3,5,7,9,13,16H2,1H3,(H,27,29). The fourth-order valence-electron chi connectivity index (χ4n) is 5.08. The summed E-state index contributed by atoms with van der Waals surface area (Å²) in [5, 5.41) is 17.5. The highest BCUT2D eigenvalue weighted by Gasteiger charge is 2.34. The van der Waals surface area contributed by atoms with Crippen LogP contribution in [0.15, 0.2) is 75.9 Å². The number of hydrogen-bond donors (Lipinski definition) is 3. The fraction of sp³-hybridized carbons (Fsp3) is 0.500. The van der Waals surface area contributed by atoms with Crippen LogP contribution >= 0.6 is 0 Å². The van der Waals surface area contributed by atoms with Crippen molar-refractivity contribution in [3.05, 3.63) is 70.9 Å². The monoisotopic (exact) mass is 419 g/mol. The number of ether oxygens (including phenoxy) is 1. The number of amidine groups is 1. The van der Waals surface area contributed by atoms with E-state index in [-0.39, 0.29) is 18.4 Å². The van der Waals surface area contributed by atoms with Crippen molar-refractivity contribution in [2.24, 2.45) is 16.8 Å². The van der Waals surface area contributed by atoms with Gasteiger partial charge in [0.05, 0.1) is 12.7 Å². The van der Waals surface area contributed by atoms with E-state index in [9.17, 15) is 5.11 Å². The van der Waals surface area contributed by atoms with Gasteiger partial charge < -0.3 is 15.2 Å². The van der Waals surface area contributed by atoms with E-state index in [0.29, 0.717) is 12.5 Å². The first-order chi connectivity index (χ1) is 15.2. The lowest BCUT2D eigenvalue weighted by molar-refractivity contribution is 0.00768. The summed E-state index contributed by atoms with van der Waals surface area (Å²) in [4.78, 5) is 5.03. The number of aliphatic hydroxyl groups excluding tert-OH is 1. The Kier molecular flexibility index (Phi) is 6.08. The zero-order valence-electron chi connectivity index (χ0n) is 18.3. The summed E-state index contributed by atoms with van der Waals surface area (Å²) >= 11 is 0. The molecule has 0 fully saturated rings. The first kappa shape index (κ1) is 20.7. The van der Waals surface area contributed by atoms with Gasteiger partial charge in [0.1, 0.15) is 12.0 Å². The lowest BCUT2D eigenvalue weighted by Gasteiger charge is -2.37. The largest absolute Gasteiger partial charge is 0.388 e. The molecular formula is C26H33N3O2. The molecule has 0 amide bonds. The highest BCUT2D eigenvalue weighted by atomic mass is 16.5. The van der Waals surface area contributed by atoms with Gasteiger partial charge in [-0.3, -0.25) is 0 Å². The maximum absolute atomic E-state index is 10.5. The molecule has 5 atom stereocenters.